The first-order chi connectivity index (χ1) is 9.15. The van der Waals surface area contributed by atoms with Crippen LogP contribution in [0.3, 0.4) is 0 Å². The van der Waals surface area contributed by atoms with E-state index in [9.17, 15) is 4.79 Å². The summed E-state index contributed by atoms with van der Waals surface area (Å²) < 4.78 is 5.17. The van der Waals surface area contributed by atoms with Crippen LogP contribution in [0.4, 0.5) is 0 Å². The Morgan fingerprint density at radius 1 is 1.32 bits per heavy atom. The van der Waals surface area contributed by atoms with Crippen molar-refractivity contribution < 1.29 is 9.21 Å². The fraction of sp³-hybridized carbons (Fsp3) is 0.267. The van der Waals surface area contributed by atoms with Crippen LogP contribution in [0, 0.1) is 6.92 Å². The van der Waals surface area contributed by atoms with E-state index in [-0.39, 0.29) is 11.2 Å². The summed E-state index contributed by atoms with van der Waals surface area (Å²) in [5, 5.41) is 2.74. The Hall–Kier alpha value is -1.68. The molecule has 1 heterocycles. The van der Waals surface area contributed by atoms with E-state index >= 15 is 0 Å². The number of thioether (sulfide) groups is 1. The van der Waals surface area contributed by atoms with Crippen molar-refractivity contribution in [1.82, 2.24) is 5.32 Å². The molecule has 1 N–H and O–H groups in total. The van der Waals surface area contributed by atoms with Gasteiger partial charge in [-0.2, -0.15) is 0 Å². The number of hydrogen-bond donors (Lipinski definition) is 1. The molecule has 0 unspecified atom stereocenters. The maximum absolute atomic E-state index is 11.9. The summed E-state index contributed by atoms with van der Waals surface area (Å²) in [4.78, 5) is 13.0. The summed E-state index contributed by atoms with van der Waals surface area (Å²) in [7, 11) is 0. The zero-order valence-corrected chi connectivity index (χ0v) is 11.9. The Morgan fingerprint density at radius 3 is 2.68 bits per heavy atom. The molecule has 3 nitrogen and oxygen atoms in total. The number of amides is 1. The Bertz CT molecular complexity index is 520. The Labute approximate surface area is 117 Å². The van der Waals surface area contributed by atoms with E-state index in [4.69, 9.17) is 4.42 Å². The van der Waals surface area contributed by atoms with Gasteiger partial charge in [0, 0.05) is 4.90 Å². The first-order valence-electron chi connectivity index (χ1n) is 6.18. The van der Waals surface area contributed by atoms with Gasteiger partial charge in [0.15, 0.2) is 0 Å². The lowest BCUT2D eigenvalue weighted by atomic mass is 10.2. The standard InChI is InChI=1S/C15H17NO2S/c1-11-5-7-14(8-6-11)19-12(2)15(17)16-10-13-4-3-9-18-13/h3-9,12H,10H2,1-2H3,(H,16,17)/t12-/m1/s1. The average molecular weight is 275 g/mol. The molecule has 100 valence electrons. The molecular weight excluding hydrogens is 258 g/mol. The molecule has 0 bridgehead atoms. The molecule has 0 aliphatic rings. The first kappa shape index (κ1) is 13.7. The molecule has 4 heteroatoms. The van der Waals surface area contributed by atoms with Crippen LogP contribution < -0.4 is 5.32 Å². The van der Waals surface area contributed by atoms with Gasteiger partial charge < -0.3 is 9.73 Å². The normalized spacial score (nSPS) is 12.1. The monoisotopic (exact) mass is 275 g/mol. The van der Waals surface area contributed by atoms with E-state index < -0.39 is 0 Å². The molecule has 0 spiro atoms. The molecule has 0 radical (unpaired) electrons. The maximum Gasteiger partial charge on any atom is 0.233 e. The number of hydrogen-bond acceptors (Lipinski definition) is 3. The lowest BCUT2D eigenvalue weighted by molar-refractivity contribution is -0.120. The van der Waals surface area contributed by atoms with Crippen LogP contribution in [-0.2, 0) is 11.3 Å². The highest BCUT2D eigenvalue weighted by Gasteiger charge is 2.14. The minimum atomic E-state index is -0.127. The molecule has 0 aliphatic carbocycles. The van der Waals surface area contributed by atoms with Crippen molar-refractivity contribution in [2.45, 2.75) is 30.5 Å². The summed E-state index contributed by atoms with van der Waals surface area (Å²) in [5.41, 5.74) is 1.22. The van der Waals surface area contributed by atoms with Crippen molar-refractivity contribution in [1.29, 1.82) is 0 Å². The van der Waals surface area contributed by atoms with Gasteiger partial charge in [-0.05, 0) is 38.1 Å². The molecule has 1 aromatic heterocycles. The predicted octanol–water partition coefficient (Wildman–Crippen LogP) is 3.39. The van der Waals surface area contributed by atoms with Crippen LogP contribution >= 0.6 is 11.8 Å². The Kier molecular flexibility index (Phi) is 4.68. The molecule has 1 aromatic carbocycles. The largest absolute Gasteiger partial charge is 0.467 e. The highest BCUT2D eigenvalue weighted by atomic mass is 32.2. The molecular formula is C15H17NO2S. The van der Waals surface area contributed by atoms with Gasteiger partial charge in [0.1, 0.15) is 5.76 Å². The van der Waals surface area contributed by atoms with Gasteiger partial charge in [-0.1, -0.05) is 17.7 Å². The van der Waals surface area contributed by atoms with Crippen LogP contribution in [0.1, 0.15) is 18.2 Å². The molecule has 1 amide bonds. The van der Waals surface area contributed by atoms with E-state index in [0.29, 0.717) is 6.54 Å². The fourth-order valence-corrected chi connectivity index (χ4v) is 2.50. The van der Waals surface area contributed by atoms with Crippen LogP contribution in [0.25, 0.3) is 0 Å². The van der Waals surface area contributed by atoms with Gasteiger partial charge in [0.05, 0.1) is 18.1 Å². The second kappa shape index (κ2) is 6.48. The number of furan rings is 1. The van der Waals surface area contributed by atoms with Crippen LogP contribution in [0.5, 0.6) is 0 Å². The molecule has 0 saturated carbocycles. The van der Waals surface area contributed by atoms with Crippen LogP contribution in [0.15, 0.2) is 52.0 Å². The quantitative estimate of drug-likeness (QED) is 0.851. The van der Waals surface area contributed by atoms with Crippen molar-refractivity contribution in [3.8, 4) is 0 Å². The minimum Gasteiger partial charge on any atom is -0.467 e. The van der Waals surface area contributed by atoms with Crippen molar-refractivity contribution in [3.63, 3.8) is 0 Å². The van der Waals surface area contributed by atoms with Gasteiger partial charge in [0.25, 0.3) is 0 Å². The number of nitrogens with one attached hydrogen (secondary N) is 1. The summed E-state index contributed by atoms with van der Waals surface area (Å²) in [6.45, 7) is 4.39. The van der Waals surface area contributed by atoms with Crippen molar-refractivity contribution in [2.75, 3.05) is 0 Å². The predicted molar refractivity (Wildman–Crippen MR) is 77.1 cm³/mol. The lowest BCUT2D eigenvalue weighted by Gasteiger charge is -2.11. The Balaban J connectivity index is 1.83. The number of carbonyl (C=O) groups is 1. The maximum atomic E-state index is 11.9. The summed E-state index contributed by atoms with van der Waals surface area (Å²) in [6, 6.07) is 11.8. The van der Waals surface area contributed by atoms with Gasteiger partial charge in [-0.15, -0.1) is 11.8 Å². The minimum absolute atomic E-state index is 0.0157. The summed E-state index contributed by atoms with van der Waals surface area (Å²) in [5.74, 6) is 0.780. The average Bonchev–Trinajstić information content (AvgIpc) is 2.91. The second-order valence-electron chi connectivity index (χ2n) is 4.37. The zero-order chi connectivity index (χ0) is 13.7. The van der Waals surface area contributed by atoms with Gasteiger partial charge in [0.2, 0.25) is 5.91 Å². The molecule has 2 aromatic rings. The van der Waals surface area contributed by atoms with Crippen molar-refractivity contribution in [2.24, 2.45) is 0 Å². The van der Waals surface area contributed by atoms with E-state index in [0.717, 1.165) is 10.7 Å². The van der Waals surface area contributed by atoms with Crippen LogP contribution in [0.2, 0.25) is 0 Å². The third-order valence-electron chi connectivity index (χ3n) is 2.72. The van der Waals surface area contributed by atoms with Gasteiger partial charge in [-0.25, -0.2) is 0 Å². The van der Waals surface area contributed by atoms with E-state index in [1.54, 1.807) is 18.0 Å². The number of rotatable bonds is 5. The first-order valence-corrected chi connectivity index (χ1v) is 7.06. The topological polar surface area (TPSA) is 42.2 Å². The lowest BCUT2D eigenvalue weighted by Crippen LogP contribution is -2.30. The second-order valence-corrected chi connectivity index (χ2v) is 5.78. The highest BCUT2D eigenvalue weighted by molar-refractivity contribution is 8.00. The molecule has 2 rings (SSSR count). The van der Waals surface area contributed by atoms with Gasteiger partial charge >= 0.3 is 0 Å². The Morgan fingerprint density at radius 2 is 2.05 bits per heavy atom. The molecule has 0 aliphatic heterocycles. The zero-order valence-electron chi connectivity index (χ0n) is 11.1. The number of benzene rings is 1. The summed E-state index contributed by atoms with van der Waals surface area (Å²) >= 11 is 1.55. The van der Waals surface area contributed by atoms with Crippen LogP contribution in [-0.4, -0.2) is 11.2 Å². The van der Waals surface area contributed by atoms with E-state index in [1.807, 2.05) is 38.1 Å². The molecule has 0 saturated heterocycles. The molecule has 0 fully saturated rings. The van der Waals surface area contributed by atoms with Crippen molar-refractivity contribution >= 4 is 17.7 Å². The van der Waals surface area contributed by atoms with E-state index in [2.05, 4.69) is 17.4 Å². The number of carbonyl (C=O) groups excluding carboxylic acids is 1. The van der Waals surface area contributed by atoms with Gasteiger partial charge in [-0.3, -0.25) is 4.79 Å². The third kappa shape index (κ3) is 4.17. The highest BCUT2D eigenvalue weighted by Crippen LogP contribution is 2.23. The smallest absolute Gasteiger partial charge is 0.233 e. The molecule has 19 heavy (non-hydrogen) atoms. The molecule has 1 atom stereocenters. The van der Waals surface area contributed by atoms with Crippen molar-refractivity contribution in [3.05, 3.63) is 54.0 Å². The SMILES string of the molecule is Cc1ccc(S[C@H](C)C(=O)NCc2ccco2)cc1. The fourth-order valence-electron chi connectivity index (χ4n) is 1.61. The third-order valence-corrected chi connectivity index (χ3v) is 3.83. The van der Waals surface area contributed by atoms with E-state index in [1.165, 1.54) is 5.56 Å². The number of aryl methyl sites for hydroxylation is 1. The summed E-state index contributed by atoms with van der Waals surface area (Å²) in [6.07, 6.45) is 1.60.